The van der Waals surface area contributed by atoms with Crippen molar-refractivity contribution >= 4 is 9.84 Å². The molecule has 0 aromatic carbocycles. The molecule has 0 unspecified atom stereocenters. The van der Waals surface area contributed by atoms with E-state index in [0.29, 0.717) is 0 Å². The van der Waals surface area contributed by atoms with Crippen molar-refractivity contribution < 1.29 is 8.42 Å². The van der Waals surface area contributed by atoms with E-state index in [2.05, 4.69) is 0 Å². The zero-order valence-corrected chi connectivity index (χ0v) is 6.61. The molecule has 0 saturated carbocycles. The molecule has 0 N–H and O–H groups in total. The van der Waals surface area contributed by atoms with Crippen LogP contribution in [0.2, 0.25) is 0 Å². The first-order valence-corrected chi connectivity index (χ1v) is 4.88. The molecular weight excluding hydrogens is 136 g/mol. The summed E-state index contributed by atoms with van der Waals surface area (Å²) < 4.78 is 20.8. The van der Waals surface area contributed by atoms with Crippen LogP contribution in [0.15, 0.2) is 11.5 Å². The highest BCUT2D eigenvalue weighted by atomic mass is 32.2. The van der Waals surface area contributed by atoms with Crippen molar-refractivity contribution in [2.24, 2.45) is 0 Å². The Morgan fingerprint density at radius 1 is 1.44 bits per heavy atom. The SMILES string of the molecule is CCCC=CS(C)(=O)=O. The van der Waals surface area contributed by atoms with E-state index < -0.39 is 9.84 Å². The second-order valence-corrected chi connectivity index (χ2v) is 3.92. The molecule has 0 aliphatic heterocycles. The molecule has 0 fully saturated rings. The summed E-state index contributed by atoms with van der Waals surface area (Å²) in [6.07, 6.45) is 4.70. The van der Waals surface area contributed by atoms with Crippen LogP contribution in [0.3, 0.4) is 0 Å². The monoisotopic (exact) mass is 148 g/mol. The van der Waals surface area contributed by atoms with E-state index in [4.69, 9.17) is 0 Å². The first kappa shape index (κ1) is 8.69. The van der Waals surface area contributed by atoms with E-state index >= 15 is 0 Å². The fraction of sp³-hybridized carbons (Fsp3) is 0.667. The van der Waals surface area contributed by atoms with E-state index in [1.165, 1.54) is 11.7 Å². The van der Waals surface area contributed by atoms with Crippen LogP contribution in [0, 0.1) is 0 Å². The predicted octanol–water partition coefficient (Wildman–Crippen LogP) is 1.34. The molecule has 54 valence electrons. The van der Waals surface area contributed by atoms with Gasteiger partial charge >= 0.3 is 0 Å². The van der Waals surface area contributed by atoms with Crippen LogP contribution < -0.4 is 0 Å². The van der Waals surface area contributed by atoms with Crippen LogP contribution in [0.25, 0.3) is 0 Å². The molecule has 2 nitrogen and oxygen atoms in total. The standard InChI is InChI=1S/C6H12O2S/c1-3-4-5-6-9(2,7)8/h5-6H,3-4H2,1-2H3. The summed E-state index contributed by atoms with van der Waals surface area (Å²) in [6, 6.07) is 0. The molecule has 0 spiro atoms. The Hall–Kier alpha value is -0.310. The van der Waals surface area contributed by atoms with Gasteiger partial charge in [-0.2, -0.15) is 0 Å². The van der Waals surface area contributed by atoms with Gasteiger partial charge in [0, 0.05) is 11.7 Å². The van der Waals surface area contributed by atoms with Gasteiger partial charge in [0.2, 0.25) is 0 Å². The predicted molar refractivity (Wildman–Crippen MR) is 38.9 cm³/mol. The molecule has 0 aromatic heterocycles. The summed E-state index contributed by atoms with van der Waals surface area (Å²) in [4.78, 5) is 0. The lowest BCUT2D eigenvalue weighted by atomic mass is 10.3. The Morgan fingerprint density at radius 2 is 2.00 bits per heavy atom. The molecular formula is C6H12O2S. The lowest BCUT2D eigenvalue weighted by molar-refractivity contribution is 0.610. The maximum atomic E-state index is 10.4. The van der Waals surface area contributed by atoms with Crippen molar-refractivity contribution in [3.8, 4) is 0 Å². The molecule has 0 atom stereocenters. The Kier molecular flexibility index (Phi) is 3.54. The quantitative estimate of drug-likeness (QED) is 0.605. The van der Waals surface area contributed by atoms with Crippen molar-refractivity contribution in [3.63, 3.8) is 0 Å². The fourth-order valence-corrected chi connectivity index (χ4v) is 0.895. The largest absolute Gasteiger partial charge is 0.225 e. The molecule has 3 heteroatoms. The molecule has 0 aliphatic carbocycles. The fourth-order valence-electron chi connectivity index (χ4n) is 0.410. The molecule has 0 aliphatic rings. The summed E-state index contributed by atoms with van der Waals surface area (Å²) in [7, 11) is -2.88. The topological polar surface area (TPSA) is 34.1 Å². The third-order valence-corrected chi connectivity index (χ3v) is 1.49. The maximum absolute atomic E-state index is 10.4. The van der Waals surface area contributed by atoms with Gasteiger partial charge in [-0.3, -0.25) is 0 Å². The number of hydrogen-bond acceptors (Lipinski definition) is 2. The molecule has 0 radical (unpaired) electrons. The molecule has 0 amide bonds. The van der Waals surface area contributed by atoms with Crippen molar-refractivity contribution in [2.45, 2.75) is 19.8 Å². The van der Waals surface area contributed by atoms with Crippen LogP contribution >= 0.6 is 0 Å². The Labute approximate surface area is 56.5 Å². The van der Waals surface area contributed by atoms with Gasteiger partial charge < -0.3 is 0 Å². The van der Waals surface area contributed by atoms with Gasteiger partial charge in [0.1, 0.15) is 0 Å². The lowest BCUT2D eigenvalue weighted by Crippen LogP contribution is -1.87. The van der Waals surface area contributed by atoms with Gasteiger partial charge in [0.15, 0.2) is 9.84 Å². The van der Waals surface area contributed by atoms with Gasteiger partial charge in [0.05, 0.1) is 0 Å². The number of hydrogen-bond donors (Lipinski definition) is 0. The Bertz CT molecular complexity index is 177. The zero-order valence-electron chi connectivity index (χ0n) is 5.79. The molecule has 0 aromatic rings. The number of allylic oxidation sites excluding steroid dienone is 1. The second-order valence-electron chi connectivity index (χ2n) is 1.99. The molecule has 0 saturated heterocycles. The van der Waals surface area contributed by atoms with Crippen LogP contribution in [0.1, 0.15) is 19.8 Å². The Balaban J connectivity index is 3.73. The highest BCUT2D eigenvalue weighted by molar-refractivity contribution is 7.93. The smallest absolute Gasteiger partial charge is 0.168 e. The number of sulfone groups is 1. The van der Waals surface area contributed by atoms with Gasteiger partial charge in [-0.25, -0.2) is 8.42 Å². The Morgan fingerprint density at radius 3 is 2.33 bits per heavy atom. The van der Waals surface area contributed by atoms with E-state index in [0.717, 1.165) is 12.8 Å². The van der Waals surface area contributed by atoms with Crippen LogP contribution in [-0.2, 0) is 9.84 Å². The average Bonchev–Trinajstić information content (AvgIpc) is 1.63. The zero-order chi connectivity index (χ0) is 7.33. The van der Waals surface area contributed by atoms with E-state index in [-0.39, 0.29) is 0 Å². The first-order valence-electron chi connectivity index (χ1n) is 2.93. The third-order valence-electron chi connectivity index (χ3n) is 0.799. The first-order chi connectivity index (χ1) is 4.06. The van der Waals surface area contributed by atoms with Gasteiger partial charge in [-0.05, 0) is 6.42 Å². The molecule has 0 rings (SSSR count). The number of unbranched alkanes of at least 4 members (excludes halogenated alkanes) is 1. The van der Waals surface area contributed by atoms with Crippen molar-refractivity contribution in [1.29, 1.82) is 0 Å². The van der Waals surface area contributed by atoms with E-state index in [1.807, 2.05) is 6.92 Å². The summed E-state index contributed by atoms with van der Waals surface area (Å²) in [5.74, 6) is 0. The van der Waals surface area contributed by atoms with Crippen LogP contribution in [-0.4, -0.2) is 14.7 Å². The van der Waals surface area contributed by atoms with Crippen LogP contribution in [0.4, 0.5) is 0 Å². The summed E-state index contributed by atoms with van der Waals surface area (Å²) in [5, 5.41) is 1.25. The van der Waals surface area contributed by atoms with E-state index in [1.54, 1.807) is 6.08 Å². The van der Waals surface area contributed by atoms with Crippen molar-refractivity contribution in [2.75, 3.05) is 6.26 Å². The summed E-state index contributed by atoms with van der Waals surface area (Å²) >= 11 is 0. The van der Waals surface area contributed by atoms with Crippen LogP contribution in [0.5, 0.6) is 0 Å². The van der Waals surface area contributed by atoms with Gasteiger partial charge in [0.25, 0.3) is 0 Å². The van der Waals surface area contributed by atoms with Gasteiger partial charge in [-0.1, -0.05) is 19.4 Å². The summed E-state index contributed by atoms with van der Waals surface area (Å²) in [5.41, 5.74) is 0. The van der Waals surface area contributed by atoms with Crippen molar-refractivity contribution in [3.05, 3.63) is 11.5 Å². The highest BCUT2D eigenvalue weighted by Crippen LogP contribution is 1.91. The lowest BCUT2D eigenvalue weighted by Gasteiger charge is -1.83. The van der Waals surface area contributed by atoms with Crippen molar-refractivity contribution in [1.82, 2.24) is 0 Å². The molecule has 0 heterocycles. The highest BCUT2D eigenvalue weighted by Gasteiger charge is 1.89. The maximum Gasteiger partial charge on any atom is 0.168 e. The minimum absolute atomic E-state index is 0.840. The third kappa shape index (κ3) is 7.69. The summed E-state index contributed by atoms with van der Waals surface area (Å²) in [6.45, 7) is 2.01. The molecule has 0 bridgehead atoms. The minimum Gasteiger partial charge on any atom is -0.225 e. The van der Waals surface area contributed by atoms with Gasteiger partial charge in [-0.15, -0.1) is 0 Å². The minimum atomic E-state index is -2.88. The molecule has 9 heavy (non-hydrogen) atoms. The van der Waals surface area contributed by atoms with E-state index in [9.17, 15) is 8.42 Å². The second kappa shape index (κ2) is 3.67. The number of rotatable bonds is 3. The average molecular weight is 148 g/mol. The normalized spacial score (nSPS) is 12.7.